The molecular formula is C23H25N3O6S2. The minimum Gasteiger partial charge on any atom is -0.465 e. The maximum Gasteiger partial charge on any atom is 0.348 e. The molecule has 1 atom stereocenters. The number of esters is 2. The van der Waals surface area contributed by atoms with Crippen LogP contribution in [-0.4, -0.2) is 41.1 Å². The highest BCUT2D eigenvalue weighted by Crippen LogP contribution is 2.40. The number of carbonyl (C=O) groups excluding carboxylic acids is 3. The van der Waals surface area contributed by atoms with Gasteiger partial charge in [-0.25, -0.2) is 14.6 Å². The van der Waals surface area contributed by atoms with E-state index in [1.165, 1.54) is 29.3 Å². The Hall–Kier alpha value is -3.05. The van der Waals surface area contributed by atoms with Gasteiger partial charge in [0.1, 0.15) is 21.3 Å². The molecule has 0 saturated heterocycles. The summed E-state index contributed by atoms with van der Waals surface area (Å²) in [4.78, 5) is 56.7. The second kappa shape index (κ2) is 9.67. The van der Waals surface area contributed by atoms with Crippen LogP contribution in [0, 0.1) is 12.8 Å². The normalized spacial score (nSPS) is 15.1. The van der Waals surface area contributed by atoms with E-state index in [-0.39, 0.29) is 13.2 Å². The highest BCUT2D eigenvalue weighted by molar-refractivity contribution is 7.20. The molecule has 1 aliphatic carbocycles. The second-order valence-corrected chi connectivity index (χ2v) is 10.3. The van der Waals surface area contributed by atoms with E-state index in [0.717, 1.165) is 41.0 Å². The second-order valence-electron chi connectivity index (χ2n) is 8.23. The lowest BCUT2D eigenvalue weighted by molar-refractivity contribution is -0.116. The Bertz CT molecular complexity index is 1350. The number of anilines is 1. The van der Waals surface area contributed by atoms with Gasteiger partial charge in [0.2, 0.25) is 5.91 Å². The van der Waals surface area contributed by atoms with Gasteiger partial charge in [-0.1, -0.05) is 6.92 Å². The van der Waals surface area contributed by atoms with Gasteiger partial charge in [-0.2, -0.15) is 0 Å². The zero-order chi connectivity index (χ0) is 24.6. The molecule has 1 amide bonds. The maximum absolute atomic E-state index is 13.1. The minimum atomic E-state index is -0.502. The fourth-order valence-corrected chi connectivity index (χ4v) is 6.59. The summed E-state index contributed by atoms with van der Waals surface area (Å²) in [6.07, 6.45) is 3.86. The lowest BCUT2D eigenvalue weighted by atomic mass is 9.88. The summed E-state index contributed by atoms with van der Waals surface area (Å²) in [5.74, 6) is -0.940. The smallest absolute Gasteiger partial charge is 0.348 e. The van der Waals surface area contributed by atoms with E-state index in [1.54, 1.807) is 13.8 Å². The van der Waals surface area contributed by atoms with E-state index in [1.807, 2.05) is 0 Å². The standard InChI is InChI=1S/C23H25N3O6S2/c1-5-32-23(30)18-12(3)16-19(34-18)24-10-26(21(16)28)9-15(27)25-20-17(22(29)31-4)13-7-6-11(2)8-14(13)33-20/h10-11H,5-9H2,1-4H3,(H,25,27)/t11-/m0/s1. The van der Waals surface area contributed by atoms with Gasteiger partial charge in [-0.05, 0) is 50.2 Å². The van der Waals surface area contributed by atoms with Gasteiger partial charge < -0.3 is 14.8 Å². The summed E-state index contributed by atoms with van der Waals surface area (Å²) >= 11 is 2.47. The van der Waals surface area contributed by atoms with Crippen LogP contribution in [-0.2, 0) is 33.7 Å². The van der Waals surface area contributed by atoms with Crippen molar-refractivity contribution >= 4 is 55.7 Å². The Morgan fingerprint density at radius 3 is 2.74 bits per heavy atom. The first-order valence-electron chi connectivity index (χ1n) is 10.9. The van der Waals surface area contributed by atoms with E-state index >= 15 is 0 Å². The van der Waals surface area contributed by atoms with Crippen LogP contribution in [0.25, 0.3) is 10.2 Å². The first kappa shape index (κ1) is 24.1. The summed E-state index contributed by atoms with van der Waals surface area (Å²) in [5.41, 5.74) is 1.40. The zero-order valence-corrected chi connectivity index (χ0v) is 21.0. The average Bonchev–Trinajstić information content (AvgIpc) is 3.32. The molecule has 3 aromatic heterocycles. The Labute approximate surface area is 203 Å². The van der Waals surface area contributed by atoms with Crippen LogP contribution < -0.4 is 10.9 Å². The first-order valence-corrected chi connectivity index (χ1v) is 12.6. The first-order chi connectivity index (χ1) is 16.2. The largest absolute Gasteiger partial charge is 0.465 e. The fraction of sp³-hybridized carbons (Fsp3) is 0.435. The predicted octanol–water partition coefficient (Wildman–Crippen LogP) is 3.55. The van der Waals surface area contributed by atoms with Gasteiger partial charge in [-0.15, -0.1) is 22.7 Å². The third kappa shape index (κ3) is 4.37. The van der Waals surface area contributed by atoms with E-state index in [9.17, 15) is 19.2 Å². The van der Waals surface area contributed by atoms with Crippen molar-refractivity contribution in [2.45, 2.75) is 46.6 Å². The molecule has 3 heterocycles. The molecule has 9 nitrogen and oxygen atoms in total. The number of aryl methyl sites for hydroxylation is 1. The van der Waals surface area contributed by atoms with Gasteiger partial charge in [-0.3, -0.25) is 14.2 Å². The average molecular weight is 504 g/mol. The highest BCUT2D eigenvalue weighted by atomic mass is 32.1. The molecule has 0 saturated carbocycles. The summed E-state index contributed by atoms with van der Waals surface area (Å²) in [5, 5.41) is 3.53. The van der Waals surface area contributed by atoms with Crippen molar-refractivity contribution < 1.29 is 23.9 Å². The molecule has 4 rings (SSSR count). The Morgan fingerprint density at radius 2 is 2.03 bits per heavy atom. The van der Waals surface area contributed by atoms with Crippen LogP contribution >= 0.6 is 22.7 Å². The molecule has 0 spiro atoms. The number of nitrogens with zero attached hydrogens (tertiary/aromatic N) is 2. The summed E-state index contributed by atoms with van der Waals surface area (Å²) in [6.45, 7) is 5.47. The van der Waals surface area contributed by atoms with Crippen LogP contribution in [0.2, 0.25) is 0 Å². The maximum atomic E-state index is 13.1. The molecule has 0 radical (unpaired) electrons. The fourth-order valence-electron chi connectivity index (χ4n) is 4.14. The number of nitrogens with one attached hydrogen (secondary N) is 1. The van der Waals surface area contributed by atoms with Crippen molar-refractivity contribution in [1.29, 1.82) is 0 Å². The van der Waals surface area contributed by atoms with Crippen molar-refractivity contribution in [2.24, 2.45) is 5.92 Å². The number of amides is 1. The van der Waals surface area contributed by atoms with Crippen molar-refractivity contribution in [3.05, 3.63) is 43.1 Å². The van der Waals surface area contributed by atoms with E-state index in [2.05, 4.69) is 17.2 Å². The number of methoxy groups -OCH3 is 1. The third-order valence-corrected chi connectivity index (χ3v) is 8.20. The minimum absolute atomic E-state index is 0.225. The Balaban J connectivity index is 1.62. The van der Waals surface area contributed by atoms with E-state index in [0.29, 0.717) is 37.1 Å². The van der Waals surface area contributed by atoms with Crippen LogP contribution in [0.15, 0.2) is 11.1 Å². The van der Waals surface area contributed by atoms with Crippen molar-refractivity contribution in [3.63, 3.8) is 0 Å². The molecule has 180 valence electrons. The Kier molecular flexibility index (Phi) is 6.85. The van der Waals surface area contributed by atoms with E-state index in [4.69, 9.17) is 9.47 Å². The van der Waals surface area contributed by atoms with Crippen LogP contribution in [0.4, 0.5) is 5.00 Å². The lowest BCUT2D eigenvalue weighted by Gasteiger charge is -2.18. The van der Waals surface area contributed by atoms with Crippen LogP contribution in [0.1, 0.15) is 56.3 Å². The molecule has 0 bridgehead atoms. The molecule has 3 aromatic rings. The number of fused-ring (bicyclic) bond motifs is 2. The lowest BCUT2D eigenvalue weighted by Crippen LogP contribution is -2.28. The molecule has 0 aliphatic heterocycles. The number of hydrogen-bond acceptors (Lipinski definition) is 9. The number of carbonyl (C=O) groups is 3. The molecule has 0 fully saturated rings. The van der Waals surface area contributed by atoms with Gasteiger partial charge in [0.05, 0.1) is 31.0 Å². The third-order valence-electron chi connectivity index (χ3n) is 5.85. The summed E-state index contributed by atoms with van der Waals surface area (Å²) in [6, 6.07) is 0. The molecule has 34 heavy (non-hydrogen) atoms. The molecule has 0 aromatic carbocycles. The van der Waals surface area contributed by atoms with Crippen LogP contribution in [0.3, 0.4) is 0 Å². The van der Waals surface area contributed by atoms with Gasteiger partial charge in [0.25, 0.3) is 5.56 Å². The highest BCUT2D eigenvalue weighted by Gasteiger charge is 2.29. The SMILES string of the molecule is CCOC(=O)c1sc2ncn(CC(=O)Nc3sc4c(c3C(=O)OC)CC[C@H](C)C4)c(=O)c2c1C. The predicted molar refractivity (Wildman–Crippen MR) is 130 cm³/mol. The summed E-state index contributed by atoms with van der Waals surface area (Å²) < 4.78 is 11.2. The quantitative estimate of drug-likeness (QED) is 0.511. The van der Waals surface area contributed by atoms with Gasteiger partial charge in [0, 0.05) is 4.88 Å². The number of ether oxygens (including phenoxy) is 2. The van der Waals surface area contributed by atoms with Crippen LogP contribution in [0.5, 0.6) is 0 Å². The van der Waals surface area contributed by atoms with Gasteiger partial charge >= 0.3 is 11.9 Å². The monoisotopic (exact) mass is 503 g/mol. The molecule has 11 heteroatoms. The number of thiophene rings is 2. The van der Waals surface area contributed by atoms with Crippen molar-refractivity contribution in [2.75, 3.05) is 19.0 Å². The Morgan fingerprint density at radius 1 is 1.26 bits per heavy atom. The molecule has 1 aliphatic rings. The molecular weight excluding hydrogens is 478 g/mol. The summed E-state index contributed by atoms with van der Waals surface area (Å²) in [7, 11) is 1.32. The van der Waals surface area contributed by atoms with Crippen molar-refractivity contribution in [3.8, 4) is 0 Å². The topological polar surface area (TPSA) is 117 Å². The van der Waals surface area contributed by atoms with E-state index < -0.39 is 23.4 Å². The number of rotatable bonds is 6. The van der Waals surface area contributed by atoms with Gasteiger partial charge in [0.15, 0.2) is 0 Å². The zero-order valence-electron chi connectivity index (χ0n) is 19.4. The molecule has 0 unspecified atom stereocenters. The number of hydrogen-bond donors (Lipinski definition) is 1. The molecule has 1 N–H and O–H groups in total. The number of aromatic nitrogens is 2. The van der Waals surface area contributed by atoms with Crippen molar-refractivity contribution in [1.82, 2.24) is 9.55 Å².